The molecule has 0 heterocycles. The zero-order valence-electron chi connectivity index (χ0n) is 17.2. The van der Waals surface area contributed by atoms with Crippen molar-refractivity contribution >= 4 is 35.0 Å². The van der Waals surface area contributed by atoms with E-state index in [9.17, 15) is 9.59 Å². The van der Waals surface area contributed by atoms with Crippen LogP contribution in [0, 0.1) is 0 Å². The van der Waals surface area contributed by atoms with Gasteiger partial charge in [-0.25, -0.2) is 0 Å². The molecule has 0 aliphatic carbocycles. The van der Waals surface area contributed by atoms with Gasteiger partial charge in [-0.3, -0.25) is 9.59 Å². The minimum Gasteiger partial charge on any atom is -0.357 e. The highest BCUT2D eigenvalue weighted by atomic mass is 35.5. The molecule has 0 radical (unpaired) electrons. The first-order valence-corrected chi connectivity index (χ1v) is 10.8. The Kier molecular flexibility index (Phi) is 8.10. The van der Waals surface area contributed by atoms with Gasteiger partial charge in [0.05, 0.1) is 6.42 Å². The number of rotatable bonds is 8. The van der Waals surface area contributed by atoms with Gasteiger partial charge < -0.3 is 10.2 Å². The van der Waals surface area contributed by atoms with E-state index in [2.05, 4.69) is 5.32 Å². The Hall–Kier alpha value is -2.82. The van der Waals surface area contributed by atoms with Crippen molar-refractivity contribution in [3.63, 3.8) is 0 Å². The summed E-state index contributed by atoms with van der Waals surface area (Å²) in [5.74, 6) is -0.378. The number of nitrogens with zero attached hydrogens (tertiary/aromatic N) is 1. The highest BCUT2D eigenvalue weighted by molar-refractivity contribution is 6.35. The van der Waals surface area contributed by atoms with Gasteiger partial charge in [-0.2, -0.15) is 0 Å². The number of carbonyl (C=O) groups excluding carboxylic acids is 2. The third-order valence-corrected chi connectivity index (χ3v) is 5.66. The first-order chi connectivity index (χ1) is 15.0. The molecule has 3 aromatic carbocycles. The van der Waals surface area contributed by atoms with Crippen LogP contribution >= 0.6 is 23.2 Å². The van der Waals surface area contributed by atoms with Gasteiger partial charge in [0.15, 0.2) is 0 Å². The highest BCUT2D eigenvalue weighted by Gasteiger charge is 2.30. The first kappa shape index (κ1) is 22.9. The maximum atomic E-state index is 13.4. The zero-order valence-corrected chi connectivity index (χ0v) is 18.7. The summed E-state index contributed by atoms with van der Waals surface area (Å²) >= 11 is 12.4. The first-order valence-electron chi connectivity index (χ1n) is 10.0. The Bertz CT molecular complexity index is 1030. The second-order valence-electron chi connectivity index (χ2n) is 7.24. The van der Waals surface area contributed by atoms with Crippen molar-refractivity contribution in [1.29, 1.82) is 0 Å². The fourth-order valence-electron chi connectivity index (χ4n) is 3.43. The van der Waals surface area contributed by atoms with E-state index in [1.165, 1.54) is 0 Å². The van der Waals surface area contributed by atoms with E-state index in [0.29, 0.717) is 16.5 Å². The van der Waals surface area contributed by atoms with E-state index in [1.807, 2.05) is 60.7 Å². The molecule has 0 fully saturated rings. The summed E-state index contributed by atoms with van der Waals surface area (Å²) in [6.07, 6.45) is 0.584. The number of hydrogen-bond acceptors (Lipinski definition) is 2. The molecule has 0 bridgehead atoms. The lowest BCUT2D eigenvalue weighted by molar-refractivity contribution is -0.140. The molecular formula is C25H24Cl2N2O2. The Morgan fingerprint density at radius 2 is 1.52 bits per heavy atom. The lowest BCUT2D eigenvalue weighted by Gasteiger charge is -2.31. The molecule has 1 N–H and O–H groups in total. The summed E-state index contributed by atoms with van der Waals surface area (Å²) < 4.78 is 0. The topological polar surface area (TPSA) is 49.4 Å². The van der Waals surface area contributed by atoms with E-state index < -0.39 is 6.04 Å². The summed E-state index contributed by atoms with van der Waals surface area (Å²) in [7, 11) is 1.58. The fraction of sp³-hybridized carbons (Fsp3) is 0.200. The SMILES string of the molecule is CNC(=O)C(Cc1ccccc1)N(Cc1ccc(Cl)cc1Cl)C(=O)Cc1ccccc1. The quantitative estimate of drug-likeness (QED) is 0.524. The number of amides is 2. The molecule has 31 heavy (non-hydrogen) atoms. The van der Waals surface area contributed by atoms with Crippen molar-refractivity contribution < 1.29 is 9.59 Å². The fourth-order valence-corrected chi connectivity index (χ4v) is 3.89. The molecule has 4 nitrogen and oxygen atoms in total. The summed E-state index contributed by atoms with van der Waals surface area (Å²) in [5, 5.41) is 3.68. The van der Waals surface area contributed by atoms with E-state index in [4.69, 9.17) is 23.2 Å². The molecule has 160 valence electrons. The van der Waals surface area contributed by atoms with Gasteiger partial charge in [-0.15, -0.1) is 0 Å². The molecule has 0 saturated heterocycles. The van der Waals surface area contributed by atoms with Crippen molar-refractivity contribution in [2.24, 2.45) is 0 Å². The lowest BCUT2D eigenvalue weighted by Crippen LogP contribution is -2.50. The van der Waals surface area contributed by atoms with Gasteiger partial charge in [-0.1, -0.05) is 89.9 Å². The van der Waals surface area contributed by atoms with Crippen molar-refractivity contribution in [2.45, 2.75) is 25.4 Å². The standard InChI is InChI=1S/C25H24Cl2N2O2/c1-28-25(31)23(14-18-8-4-2-5-9-18)29(17-20-12-13-21(26)16-22(20)27)24(30)15-19-10-6-3-7-11-19/h2-13,16,23H,14-15,17H2,1H3,(H,28,31). The van der Waals surface area contributed by atoms with E-state index in [-0.39, 0.29) is 24.8 Å². The van der Waals surface area contributed by atoms with Crippen LogP contribution < -0.4 is 5.32 Å². The number of halogens is 2. The van der Waals surface area contributed by atoms with Crippen LogP contribution in [0.15, 0.2) is 78.9 Å². The number of nitrogens with one attached hydrogen (secondary N) is 1. The molecule has 0 spiro atoms. The average Bonchev–Trinajstić information content (AvgIpc) is 2.78. The Morgan fingerprint density at radius 1 is 0.903 bits per heavy atom. The van der Waals surface area contributed by atoms with Crippen molar-refractivity contribution in [2.75, 3.05) is 7.05 Å². The predicted octanol–water partition coefficient (Wildman–Crippen LogP) is 4.92. The number of likely N-dealkylation sites (N-methyl/N-ethyl adjacent to an activating group) is 1. The summed E-state index contributed by atoms with van der Waals surface area (Å²) in [6, 6.07) is 23.6. The maximum Gasteiger partial charge on any atom is 0.242 e. The van der Waals surface area contributed by atoms with Crippen LogP contribution in [0.2, 0.25) is 10.0 Å². The molecule has 3 aromatic rings. The molecule has 0 aromatic heterocycles. The molecule has 1 unspecified atom stereocenters. The summed E-state index contributed by atoms with van der Waals surface area (Å²) in [5.41, 5.74) is 2.58. The van der Waals surface area contributed by atoms with Gasteiger partial charge >= 0.3 is 0 Å². The van der Waals surface area contributed by atoms with Crippen LogP contribution in [0.5, 0.6) is 0 Å². The number of benzene rings is 3. The molecule has 0 aliphatic rings. The Morgan fingerprint density at radius 3 is 2.10 bits per heavy atom. The van der Waals surface area contributed by atoms with Gasteiger partial charge in [0.2, 0.25) is 11.8 Å². The van der Waals surface area contributed by atoms with Gasteiger partial charge in [0, 0.05) is 30.1 Å². The molecule has 1 atom stereocenters. The summed E-state index contributed by atoms with van der Waals surface area (Å²) in [4.78, 5) is 27.9. The van der Waals surface area contributed by atoms with Gasteiger partial charge in [0.1, 0.15) is 6.04 Å². The Labute approximate surface area is 192 Å². The Balaban J connectivity index is 1.96. The van der Waals surface area contributed by atoms with E-state index in [1.54, 1.807) is 30.1 Å². The van der Waals surface area contributed by atoms with Crippen LogP contribution in [-0.4, -0.2) is 29.8 Å². The molecule has 2 amide bonds. The number of hydrogen-bond donors (Lipinski definition) is 1. The zero-order chi connectivity index (χ0) is 22.2. The van der Waals surface area contributed by atoms with Crippen molar-refractivity contribution in [1.82, 2.24) is 10.2 Å². The third kappa shape index (κ3) is 6.33. The smallest absolute Gasteiger partial charge is 0.242 e. The van der Waals surface area contributed by atoms with E-state index >= 15 is 0 Å². The van der Waals surface area contributed by atoms with E-state index in [0.717, 1.165) is 16.7 Å². The summed E-state index contributed by atoms with van der Waals surface area (Å²) in [6.45, 7) is 0.201. The molecule has 0 saturated carbocycles. The predicted molar refractivity (Wildman–Crippen MR) is 125 cm³/mol. The monoisotopic (exact) mass is 454 g/mol. The second kappa shape index (κ2) is 11.0. The highest BCUT2D eigenvalue weighted by Crippen LogP contribution is 2.24. The van der Waals surface area contributed by atoms with Gasteiger partial charge in [0.25, 0.3) is 0 Å². The normalized spacial score (nSPS) is 11.6. The molecule has 3 rings (SSSR count). The minimum atomic E-state index is -0.685. The van der Waals surface area contributed by atoms with Crippen LogP contribution in [0.3, 0.4) is 0 Å². The molecule has 6 heteroatoms. The lowest BCUT2D eigenvalue weighted by atomic mass is 10.0. The minimum absolute atomic E-state index is 0.151. The second-order valence-corrected chi connectivity index (χ2v) is 8.08. The maximum absolute atomic E-state index is 13.4. The van der Waals surface area contributed by atoms with Crippen LogP contribution in [-0.2, 0) is 29.0 Å². The van der Waals surface area contributed by atoms with Crippen molar-refractivity contribution in [3.05, 3.63) is 106 Å². The average molecular weight is 455 g/mol. The van der Waals surface area contributed by atoms with Crippen LogP contribution in [0.1, 0.15) is 16.7 Å². The van der Waals surface area contributed by atoms with Crippen molar-refractivity contribution in [3.8, 4) is 0 Å². The molecular weight excluding hydrogens is 431 g/mol. The van der Waals surface area contributed by atoms with Crippen LogP contribution in [0.4, 0.5) is 0 Å². The molecule has 0 aliphatic heterocycles. The number of carbonyl (C=O) groups is 2. The van der Waals surface area contributed by atoms with Crippen LogP contribution in [0.25, 0.3) is 0 Å². The largest absolute Gasteiger partial charge is 0.357 e. The van der Waals surface area contributed by atoms with Gasteiger partial charge in [-0.05, 0) is 28.8 Å². The third-order valence-electron chi connectivity index (χ3n) is 5.07.